The van der Waals surface area contributed by atoms with E-state index in [1.165, 1.54) is 12.8 Å². The van der Waals surface area contributed by atoms with Crippen LogP contribution in [0.1, 0.15) is 63.0 Å². The molecule has 6 heteroatoms. The zero-order chi connectivity index (χ0) is 18.5. The number of rotatable bonds is 6. The molecular weight excluding hydrogens is 371 g/mol. The highest BCUT2D eigenvalue weighted by molar-refractivity contribution is 6.30. The van der Waals surface area contributed by atoms with Crippen LogP contribution < -0.4 is 5.32 Å². The largest absolute Gasteiger partial charge is 0.351 e. The lowest BCUT2D eigenvalue weighted by Crippen LogP contribution is -2.47. The molecule has 2 aliphatic carbocycles. The first-order valence-corrected chi connectivity index (χ1v) is 10.4. The summed E-state index contributed by atoms with van der Waals surface area (Å²) in [4.78, 5) is 27.4. The molecule has 0 bridgehead atoms. The first kappa shape index (κ1) is 19.5. The molecule has 142 valence electrons. The van der Waals surface area contributed by atoms with Crippen LogP contribution in [-0.2, 0) is 9.59 Å². The number of carbonyl (C=O) groups excluding carboxylic acids is 2. The van der Waals surface area contributed by atoms with Gasteiger partial charge in [0.1, 0.15) is 11.9 Å². The SMILES string of the molecule is O=C(NC1CCCCCC1)C(c1ccc(Cl)cc1)N(C(=O)CCl)C1CC1. The van der Waals surface area contributed by atoms with Crippen molar-refractivity contribution in [3.8, 4) is 0 Å². The molecule has 2 fully saturated rings. The van der Waals surface area contributed by atoms with Gasteiger partial charge in [-0.1, -0.05) is 49.4 Å². The predicted octanol–water partition coefficient (Wildman–Crippen LogP) is 4.45. The van der Waals surface area contributed by atoms with Gasteiger partial charge in [-0.25, -0.2) is 0 Å². The van der Waals surface area contributed by atoms with E-state index < -0.39 is 6.04 Å². The van der Waals surface area contributed by atoms with Gasteiger partial charge in [0.05, 0.1) is 0 Å². The standard InChI is InChI=1S/C20H26Cl2N2O2/c21-13-18(25)24(17-11-12-17)19(14-7-9-15(22)10-8-14)20(26)23-16-5-3-1-2-4-6-16/h7-10,16-17,19H,1-6,11-13H2,(H,23,26). The van der Waals surface area contributed by atoms with Crippen molar-refractivity contribution in [2.24, 2.45) is 0 Å². The van der Waals surface area contributed by atoms with E-state index in [-0.39, 0.29) is 29.8 Å². The van der Waals surface area contributed by atoms with Gasteiger partial charge in [0.25, 0.3) is 0 Å². The summed E-state index contributed by atoms with van der Waals surface area (Å²) in [5, 5.41) is 3.81. The van der Waals surface area contributed by atoms with E-state index in [1.54, 1.807) is 17.0 Å². The van der Waals surface area contributed by atoms with Gasteiger partial charge in [-0.2, -0.15) is 0 Å². The Balaban J connectivity index is 1.84. The Morgan fingerprint density at radius 1 is 1.04 bits per heavy atom. The minimum Gasteiger partial charge on any atom is -0.351 e. The van der Waals surface area contributed by atoms with E-state index in [9.17, 15) is 9.59 Å². The number of alkyl halides is 1. The van der Waals surface area contributed by atoms with Crippen LogP contribution in [0.4, 0.5) is 0 Å². The average molecular weight is 397 g/mol. The van der Waals surface area contributed by atoms with E-state index in [4.69, 9.17) is 23.2 Å². The summed E-state index contributed by atoms with van der Waals surface area (Å²) in [6.07, 6.45) is 8.59. The first-order chi connectivity index (χ1) is 12.6. The Labute approximate surface area is 165 Å². The topological polar surface area (TPSA) is 49.4 Å². The normalized spacial score (nSPS) is 19.5. The molecule has 2 amide bonds. The maximum Gasteiger partial charge on any atom is 0.247 e. The molecule has 4 nitrogen and oxygen atoms in total. The Bertz CT molecular complexity index is 623. The molecule has 1 N–H and O–H groups in total. The van der Waals surface area contributed by atoms with Gasteiger partial charge in [-0.05, 0) is 43.4 Å². The smallest absolute Gasteiger partial charge is 0.247 e. The van der Waals surface area contributed by atoms with Crippen LogP contribution in [0.5, 0.6) is 0 Å². The first-order valence-electron chi connectivity index (χ1n) is 9.53. The molecule has 1 unspecified atom stereocenters. The number of hydrogen-bond acceptors (Lipinski definition) is 2. The molecule has 26 heavy (non-hydrogen) atoms. The van der Waals surface area contributed by atoms with Crippen molar-refractivity contribution in [2.75, 3.05) is 5.88 Å². The Morgan fingerprint density at radius 3 is 2.19 bits per heavy atom. The van der Waals surface area contributed by atoms with Crippen molar-refractivity contribution >= 4 is 35.0 Å². The van der Waals surface area contributed by atoms with Crippen LogP contribution in [0.2, 0.25) is 5.02 Å². The molecule has 2 aliphatic rings. The molecular formula is C20H26Cl2N2O2. The maximum atomic E-state index is 13.2. The summed E-state index contributed by atoms with van der Waals surface area (Å²) < 4.78 is 0. The molecule has 0 aliphatic heterocycles. The summed E-state index contributed by atoms with van der Waals surface area (Å²) in [7, 11) is 0. The zero-order valence-electron chi connectivity index (χ0n) is 14.9. The van der Waals surface area contributed by atoms with Crippen molar-refractivity contribution in [3.05, 3.63) is 34.9 Å². The number of nitrogens with zero attached hydrogens (tertiary/aromatic N) is 1. The van der Waals surface area contributed by atoms with Crippen LogP contribution in [0, 0.1) is 0 Å². The van der Waals surface area contributed by atoms with Crippen LogP contribution >= 0.6 is 23.2 Å². The predicted molar refractivity (Wildman–Crippen MR) is 104 cm³/mol. The Kier molecular flexibility index (Phi) is 6.82. The minimum atomic E-state index is -0.644. The third kappa shape index (κ3) is 4.92. The lowest BCUT2D eigenvalue weighted by atomic mass is 10.0. The van der Waals surface area contributed by atoms with Crippen molar-refractivity contribution in [1.82, 2.24) is 10.2 Å². The van der Waals surface area contributed by atoms with E-state index in [0.717, 1.165) is 44.1 Å². The number of benzene rings is 1. The number of carbonyl (C=O) groups is 2. The van der Waals surface area contributed by atoms with Crippen molar-refractivity contribution in [2.45, 2.75) is 69.5 Å². The van der Waals surface area contributed by atoms with E-state index in [2.05, 4.69) is 5.32 Å². The monoisotopic (exact) mass is 396 g/mol. The molecule has 0 heterocycles. The molecule has 0 radical (unpaired) electrons. The van der Waals surface area contributed by atoms with E-state index in [1.807, 2.05) is 12.1 Å². The quantitative estimate of drug-likeness (QED) is 0.570. The Morgan fingerprint density at radius 2 is 1.65 bits per heavy atom. The minimum absolute atomic E-state index is 0.0989. The van der Waals surface area contributed by atoms with Gasteiger partial charge in [-0.3, -0.25) is 9.59 Å². The summed E-state index contributed by atoms with van der Waals surface area (Å²) in [6.45, 7) is 0. The average Bonchev–Trinajstić information content (AvgIpc) is 3.48. The van der Waals surface area contributed by atoms with Gasteiger partial charge in [-0.15, -0.1) is 11.6 Å². The second-order valence-corrected chi connectivity index (χ2v) is 8.02. The molecule has 0 spiro atoms. The van der Waals surface area contributed by atoms with Crippen LogP contribution in [0.3, 0.4) is 0 Å². The van der Waals surface area contributed by atoms with Crippen LogP contribution in [0.25, 0.3) is 0 Å². The highest BCUT2D eigenvalue weighted by Crippen LogP contribution is 2.35. The van der Waals surface area contributed by atoms with Crippen molar-refractivity contribution < 1.29 is 9.59 Å². The second kappa shape index (κ2) is 9.09. The lowest BCUT2D eigenvalue weighted by molar-refractivity contribution is -0.140. The van der Waals surface area contributed by atoms with Crippen LogP contribution in [0.15, 0.2) is 24.3 Å². The number of nitrogens with one attached hydrogen (secondary N) is 1. The fraction of sp³-hybridized carbons (Fsp3) is 0.600. The van der Waals surface area contributed by atoms with Gasteiger partial charge < -0.3 is 10.2 Å². The molecule has 0 aromatic heterocycles. The molecule has 2 saturated carbocycles. The fourth-order valence-electron chi connectivity index (χ4n) is 3.77. The van der Waals surface area contributed by atoms with Crippen LogP contribution in [-0.4, -0.2) is 34.7 Å². The number of hydrogen-bond donors (Lipinski definition) is 1. The zero-order valence-corrected chi connectivity index (χ0v) is 16.4. The lowest BCUT2D eigenvalue weighted by Gasteiger charge is -2.32. The van der Waals surface area contributed by atoms with Gasteiger partial charge in [0, 0.05) is 17.1 Å². The highest BCUT2D eigenvalue weighted by Gasteiger charge is 2.41. The number of halogens is 2. The van der Waals surface area contributed by atoms with Crippen molar-refractivity contribution in [1.29, 1.82) is 0 Å². The summed E-state index contributed by atoms with van der Waals surface area (Å²) in [5.41, 5.74) is 0.783. The molecule has 1 aromatic carbocycles. The van der Waals surface area contributed by atoms with Gasteiger partial charge in [0.15, 0.2) is 0 Å². The number of amides is 2. The molecule has 0 saturated heterocycles. The highest BCUT2D eigenvalue weighted by atomic mass is 35.5. The van der Waals surface area contributed by atoms with Crippen molar-refractivity contribution in [3.63, 3.8) is 0 Å². The molecule has 1 aromatic rings. The second-order valence-electron chi connectivity index (χ2n) is 7.32. The maximum absolute atomic E-state index is 13.2. The van der Waals surface area contributed by atoms with Gasteiger partial charge >= 0.3 is 0 Å². The summed E-state index contributed by atoms with van der Waals surface area (Å²) in [6, 6.07) is 6.83. The summed E-state index contributed by atoms with van der Waals surface area (Å²) >= 11 is 11.9. The summed E-state index contributed by atoms with van der Waals surface area (Å²) in [5.74, 6) is -0.410. The van der Waals surface area contributed by atoms with E-state index in [0.29, 0.717) is 5.02 Å². The fourth-order valence-corrected chi connectivity index (χ4v) is 4.03. The molecule has 3 rings (SSSR count). The van der Waals surface area contributed by atoms with Gasteiger partial charge in [0.2, 0.25) is 11.8 Å². The van der Waals surface area contributed by atoms with E-state index >= 15 is 0 Å². The third-order valence-electron chi connectivity index (χ3n) is 5.26. The molecule has 1 atom stereocenters. The Hall–Kier alpha value is -1.26. The third-order valence-corrected chi connectivity index (χ3v) is 5.74.